The molecule has 0 fully saturated rings. The molecule has 3 aromatic rings. The number of carbonyl (C=O) groups is 1. The molecule has 0 aliphatic heterocycles. The summed E-state index contributed by atoms with van der Waals surface area (Å²) in [4.78, 5) is 13.8. The lowest BCUT2D eigenvalue weighted by Crippen LogP contribution is -2.52. The van der Waals surface area contributed by atoms with Crippen LogP contribution in [0.3, 0.4) is 0 Å². The van der Waals surface area contributed by atoms with Crippen LogP contribution >= 0.6 is 0 Å². The van der Waals surface area contributed by atoms with Gasteiger partial charge in [-0.1, -0.05) is 92.2 Å². The van der Waals surface area contributed by atoms with Crippen molar-refractivity contribution in [2.24, 2.45) is 0 Å². The van der Waals surface area contributed by atoms with Crippen molar-refractivity contribution in [1.82, 2.24) is 9.21 Å². The van der Waals surface area contributed by atoms with Gasteiger partial charge in [0.1, 0.15) is 0 Å². The van der Waals surface area contributed by atoms with Crippen LogP contribution in [0, 0.1) is 0 Å². The first-order chi connectivity index (χ1) is 17.3. The minimum atomic E-state index is -3.87. The van der Waals surface area contributed by atoms with E-state index in [9.17, 15) is 23.4 Å². The predicted molar refractivity (Wildman–Crippen MR) is 140 cm³/mol. The third-order valence-corrected chi connectivity index (χ3v) is 7.99. The number of amides is 1. The van der Waals surface area contributed by atoms with Crippen LogP contribution in [0.15, 0.2) is 95.9 Å². The summed E-state index contributed by atoms with van der Waals surface area (Å²) in [6.45, 7) is 2.06. The van der Waals surface area contributed by atoms with Crippen molar-refractivity contribution in [2.75, 3.05) is 13.1 Å². The van der Waals surface area contributed by atoms with Crippen LogP contribution in [-0.2, 0) is 23.0 Å². The number of unbranched alkanes of at least 4 members (excludes halogenated alkanes) is 1. The number of aliphatic hydroxyl groups is 1. The zero-order valence-electron chi connectivity index (χ0n) is 20.5. The van der Waals surface area contributed by atoms with Crippen molar-refractivity contribution in [3.8, 4) is 0 Å². The van der Waals surface area contributed by atoms with Gasteiger partial charge in [-0.15, -0.1) is 0 Å². The SMILES string of the molecule is CCCCN(C[C@@H](O)[C@H](Cc1ccccc1)N(Cc1ccccc1)C(=O)O)S(=O)(=O)c1ccccc1. The average Bonchev–Trinajstić information content (AvgIpc) is 2.90. The number of benzene rings is 3. The summed E-state index contributed by atoms with van der Waals surface area (Å²) >= 11 is 0. The van der Waals surface area contributed by atoms with Crippen molar-refractivity contribution in [1.29, 1.82) is 0 Å². The van der Waals surface area contributed by atoms with Gasteiger partial charge in [-0.05, 0) is 36.1 Å². The molecule has 0 radical (unpaired) electrons. The molecule has 0 saturated carbocycles. The first-order valence-electron chi connectivity index (χ1n) is 12.1. The molecule has 2 atom stereocenters. The highest BCUT2D eigenvalue weighted by Crippen LogP contribution is 2.21. The summed E-state index contributed by atoms with van der Waals surface area (Å²) in [5, 5.41) is 21.6. The molecule has 7 nitrogen and oxygen atoms in total. The van der Waals surface area contributed by atoms with Gasteiger partial charge < -0.3 is 10.2 Å². The Morgan fingerprint density at radius 1 is 0.861 bits per heavy atom. The molecule has 0 aliphatic rings. The zero-order chi connectivity index (χ0) is 26.0. The Kier molecular flexibility index (Phi) is 10.0. The van der Waals surface area contributed by atoms with Gasteiger partial charge in [0.2, 0.25) is 10.0 Å². The third-order valence-electron chi connectivity index (χ3n) is 6.11. The van der Waals surface area contributed by atoms with Crippen LogP contribution < -0.4 is 0 Å². The molecule has 0 aliphatic carbocycles. The summed E-state index contributed by atoms with van der Waals surface area (Å²) < 4.78 is 28.1. The highest BCUT2D eigenvalue weighted by molar-refractivity contribution is 7.89. The van der Waals surface area contributed by atoms with Crippen LogP contribution in [0.2, 0.25) is 0 Å². The van der Waals surface area contributed by atoms with Gasteiger partial charge in [0, 0.05) is 19.6 Å². The van der Waals surface area contributed by atoms with Gasteiger partial charge in [-0.3, -0.25) is 4.90 Å². The van der Waals surface area contributed by atoms with Crippen molar-refractivity contribution >= 4 is 16.1 Å². The fourth-order valence-electron chi connectivity index (χ4n) is 4.13. The number of hydrogen-bond donors (Lipinski definition) is 2. The number of nitrogens with zero attached hydrogens (tertiary/aromatic N) is 2. The molecule has 0 spiro atoms. The molecule has 0 saturated heterocycles. The van der Waals surface area contributed by atoms with E-state index in [0.717, 1.165) is 17.5 Å². The fourth-order valence-corrected chi connectivity index (χ4v) is 5.65. The second kappa shape index (κ2) is 13.2. The average molecular weight is 511 g/mol. The Morgan fingerprint density at radius 2 is 1.39 bits per heavy atom. The van der Waals surface area contributed by atoms with Gasteiger partial charge in [0.25, 0.3) is 0 Å². The summed E-state index contributed by atoms with van der Waals surface area (Å²) in [5.74, 6) is 0. The lowest BCUT2D eigenvalue weighted by Gasteiger charge is -2.35. The maximum atomic E-state index is 13.4. The first kappa shape index (κ1) is 27.4. The van der Waals surface area contributed by atoms with E-state index in [1.807, 2.05) is 67.6 Å². The van der Waals surface area contributed by atoms with E-state index >= 15 is 0 Å². The van der Waals surface area contributed by atoms with E-state index < -0.39 is 28.3 Å². The highest BCUT2D eigenvalue weighted by atomic mass is 32.2. The molecule has 8 heteroatoms. The summed E-state index contributed by atoms with van der Waals surface area (Å²) in [5.41, 5.74) is 1.64. The minimum absolute atomic E-state index is 0.0745. The molecule has 192 valence electrons. The minimum Gasteiger partial charge on any atom is -0.465 e. The summed E-state index contributed by atoms with van der Waals surface area (Å²) in [7, 11) is -3.87. The fraction of sp³-hybridized carbons (Fsp3) is 0.321. The molecule has 1 amide bonds. The number of rotatable bonds is 13. The maximum Gasteiger partial charge on any atom is 0.407 e. The largest absolute Gasteiger partial charge is 0.465 e. The Hall–Kier alpha value is -3.20. The number of carboxylic acid groups (broad SMARTS) is 1. The quantitative estimate of drug-likeness (QED) is 0.349. The number of hydrogen-bond acceptors (Lipinski definition) is 4. The van der Waals surface area contributed by atoms with E-state index in [1.54, 1.807) is 18.2 Å². The maximum absolute atomic E-state index is 13.4. The standard InChI is InChI=1S/C28H34N2O5S/c1-2-3-19-29(36(34,35)25-17-11-6-12-18-25)22-27(31)26(20-23-13-7-4-8-14-23)30(28(32)33)21-24-15-9-5-10-16-24/h4-18,26-27,31H,2-3,19-22H2,1H3,(H,32,33)/t26-,27+/m0/s1. The molecular weight excluding hydrogens is 476 g/mol. The zero-order valence-corrected chi connectivity index (χ0v) is 21.3. The van der Waals surface area contributed by atoms with Crippen molar-refractivity contribution < 1.29 is 23.4 Å². The van der Waals surface area contributed by atoms with Gasteiger partial charge in [-0.2, -0.15) is 4.31 Å². The first-order valence-corrected chi connectivity index (χ1v) is 13.6. The monoisotopic (exact) mass is 510 g/mol. The van der Waals surface area contributed by atoms with E-state index in [4.69, 9.17) is 0 Å². The van der Waals surface area contributed by atoms with Gasteiger partial charge >= 0.3 is 6.09 Å². The molecule has 2 N–H and O–H groups in total. The highest BCUT2D eigenvalue weighted by Gasteiger charge is 2.34. The lowest BCUT2D eigenvalue weighted by molar-refractivity contribution is 0.0346. The predicted octanol–water partition coefficient (Wildman–Crippen LogP) is 4.63. The van der Waals surface area contributed by atoms with Crippen LogP contribution in [-0.4, -0.2) is 59.2 Å². The molecule has 0 heterocycles. The van der Waals surface area contributed by atoms with Crippen molar-refractivity contribution in [2.45, 2.75) is 49.8 Å². The second-order valence-electron chi connectivity index (χ2n) is 8.75. The molecule has 3 aromatic carbocycles. The van der Waals surface area contributed by atoms with Gasteiger partial charge in [0.05, 0.1) is 17.0 Å². The topological polar surface area (TPSA) is 98.2 Å². The number of aliphatic hydroxyl groups excluding tert-OH is 1. The Morgan fingerprint density at radius 3 is 1.92 bits per heavy atom. The Labute approximate surface area is 213 Å². The van der Waals surface area contributed by atoms with E-state index in [1.165, 1.54) is 21.3 Å². The lowest BCUT2D eigenvalue weighted by atomic mass is 9.99. The van der Waals surface area contributed by atoms with E-state index in [0.29, 0.717) is 6.42 Å². The van der Waals surface area contributed by atoms with Gasteiger partial charge in [0.15, 0.2) is 0 Å². The third kappa shape index (κ3) is 7.40. The molecule has 0 unspecified atom stereocenters. The molecule has 0 aromatic heterocycles. The second-order valence-corrected chi connectivity index (χ2v) is 10.7. The summed E-state index contributed by atoms with van der Waals surface area (Å²) in [6, 6.07) is 25.8. The normalized spacial score (nSPS) is 13.3. The Balaban J connectivity index is 1.94. The van der Waals surface area contributed by atoms with Crippen molar-refractivity contribution in [3.63, 3.8) is 0 Å². The van der Waals surface area contributed by atoms with Crippen LogP contribution in [0.1, 0.15) is 30.9 Å². The van der Waals surface area contributed by atoms with Crippen LogP contribution in [0.25, 0.3) is 0 Å². The number of sulfonamides is 1. The summed E-state index contributed by atoms with van der Waals surface area (Å²) in [6.07, 6.45) is -0.784. The molecule has 3 rings (SSSR count). The Bertz CT molecular complexity index is 1170. The van der Waals surface area contributed by atoms with Crippen molar-refractivity contribution in [3.05, 3.63) is 102 Å². The van der Waals surface area contributed by atoms with Gasteiger partial charge in [-0.25, -0.2) is 13.2 Å². The van der Waals surface area contributed by atoms with Crippen LogP contribution in [0.5, 0.6) is 0 Å². The van der Waals surface area contributed by atoms with E-state index in [-0.39, 0.29) is 31.0 Å². The van der Waals surface area contributed by atoms with Crippen LogP contribution in [0.4, 0.5) is 4.79 Å². The molecule has 36 heavy (non-hydrogen) atoms. The van der Waals surface area contributed by atoms with E-state index in [2.05, 4.69) is 0 Å². The molecular formula is C28H34N2O5S. The smallest absolute Gasteiger partial charge is 0.407 e. The molecule has 0 bridgehead atoms.